The van der Waals surface area contributed by atoms with E-state index in [4.69, 9.17) is 4.98 Å². The molecule has 5 nitrogen and oxygen atoms in total. The van der Waals surface area contributed by atoms with Crippen LogP contribution in [-0.4, -0.2) is 27.3 Å². The Kier molecular flexibility index (Phi) is 6.44. The molecule has 4 rings (SSSR count). The van der Waals surface area contributed by atoms with Crippen molar-refractivity contribution in [1.29, 1.82) is 0 Å². The number of rotatable bonds is 6. The monoisotopic (exact) mass is 431 g/mol. The standard InChI is InChI=1S/C22H29N3O2S2/c1-3-12-25-21(27)19-15-9-5-7-11-17(15)29-20(19)24-22(25)28-13-18(26)23-16-10-6-4-8-14(16)2/h3,14,16H,1,4-13H2,2H3,(H,23,26). The summed E-state index contributed by atoms with van der Waals surface area (Å²) >= 11 is 3.01. The molecule has 0 radical (unpaired) electrons. The number of thioether (sulfide) groups is 1. The topological polar surface area (TPSA) is 64.0 Å². The number of nitrogens with one attached hydrogen (secondary N) is 1. The predicted octanol–water partition coefficient (Wildman–Crippen LogP) is 4.31. The Bertz CT molecular complexity index is 979. The van der Waals surface area contributed by atoms with Crippen LogP contribution >= 0.6 is 23.1 Å². The van der Waals surface area contributed by atoms with Crippen LogP contribution in [0.15, 0.2) is 22.6 Å². The molecule has 1 saturated carbocycles. The lowest BCUT2D eigenvalue weighted by molar-refractivity contribution is -0.119. The van der Waals surface area contributed by atoms with Crippen LogP contribution in [0.25, 0.3) is 10.2 Å². The zero-order valence-corrected chi connectivity index (χ0v) is 18.7. The highest BCUT2D eigenvalue weighted by Crippen LogP contribution is 2.34. The molecule has 156 valence electrons. The van der Waals surface area contributed by atoms with Gasteiger partial charge in [-0.1, -0.05) is 37.6 Å². The van der Waals surface area contributed by atoms with Gasteiger partial charge in [0.15, 0.2) is 5.16 Å². The molecule has 1 N–H and O–H groups in total. The molecular formula is C22H29N3O2S2. The van der Waals surface area contributed by atoms with Gasteiger partial charge in [-0.25, -0.2) is 4.98 Å². The molecule has 2 aliphatic rings. The Labute approximate surface area is 180 Å². The van der Waals surface area contributed by atoms with E-state index in [0.717, 1.165) is 35.9 Å². The zero-order chi connectivity index (χ0) is 20.4. The van der Waals surface area contributed by atoms with E-state index < -0.39 is 0 Å². The number of hydrogen-bond acceptors (Lipinski definition) is 5. The first-order valence-corrected chi connectivity index (χ1v) is 12.5. The van der Waals surface area contributed by atoms with Crippen molar-refractivity contribution >= 4 is 39.2 Å². The van der Waals surface area contributed by atoms with Crippen LogP contribution in [0.1, 0.15) is 55.9 Å². The maximum Gasteiger partial charge on any atom is 0.263 e. The maximum absolute atomic E-state index is 13.2. The lowest BCUT2D eigenvalue weighted by atomic mass is 9.86. The zero-order valence-electron chi connectivity index (χ0n) is 17.0. The van der Waals surface area contributed by atoms with Crippen LogP contribution in [0.2, 0.25) is 0 Å². The molecule has 1 fully saturated rings. The minimum Gasteiger partial charge on any atom is -0.352 e. The summed E-state index contributed by atoms with van der Waals surface area (Å²) in [4.78, 5) is 32.7. The second kappa shape index (κ2) is 9.04. The van der Waals surface area contributed by atoms with Crippen molar-refractivity contribution in [2.24, 2.45) is 5.92 Å². The summed E-state index contributed by atoms with van der Waals surface area (Å²) in [6.45, 7) is 6.43. The van der Waals surface area contributed by atoms with E-state index >= 15 is 0 Å². The summed E-state index contributed by atoms with van der Waals surface area (Å²) in [5, 5.41) is 4.60. The molecule has 1 amide bonds. The lowest BCUT2D eigenvalue weighted by Gasteiger charge is -2.29. The summed E-state index contributed by atoms with van der Waals surface area (Å²) in [5.41, 5.74) is 1.21. The number of allylic oxidation sites excluding steroid dienone is 1. The van der Waals surface area contributed by atoms with E-state index in [-0.39, 0.29) is 23.3 Å². The van der Waals surface area contributed by atoms with Gasteiger partial charge in [0.1, 0.15) is 4.83 Å². The fraction of sp³-hybridized carbons (Fsp3) is 0.591. The van der Waals surface area contributed by atoms with Crippen molar-refractivity contribution in [3.05, 3.63) is 33.4 Å². The number of nitrogens with zero attached hydrogens (tertiary/aromatic N) is 2. The molecule has 0 saturated heterocycles. The molecule has 2 aromatic rings. The molecule has 0 bridgehead atoms. The number of aryl methyl sites for hydroxylation is 2. The first-order valence-electron chi connectivity index (χ1n) is 10.7. The molecule has 0 spiro atoms. The number of thiophene rings is 1. The molecule has 2 aromatic heterocycles. The van der Waals surface area contributed by atoms with Gasteiger partial charge in [0.25, 0.3) is 5.56 Å². The normalized spacial score (nSPS) is 21.7. The van der Waals surface area contributed by atoms with Crippen LogP contribution in [0.5, 0.6) is 0 Å². The van der Waals surface area contributed by atoms with Gasteiger partial charge >= 0.3 is 0 Å². The Morgan fingerprint density at radius 3 is 2.90 bits per heavy atom. The first kappa shape index (κ1) is 20.7. The molecule has 2 aliphatic carbocycles. The minimum atomic E-state index is 0.0121. The fourth-order valence-corrected chi connectivity index (χ4v) is 6.65. The second-order valence-electron chi connectivity index (χ2n) is 8.21. The van der Waals surface area contributed by atoms with Gasteiger partial charge in [-0.15, -0.1) is 17.9 Å². The summed E-state index contributed by atoms with van der Waals surface area (Å²) in [6, 6.07) is 0.270. The molecule has 0 aliphatic heterocycles. The van der Waals surface area contributed by atoms with Crippen molar-refractivity contribution in [2.75, 3.05) is 5.75 Å². The van der Waals surface area contributed by atoms with Crippen LogP contribution < -0.4 is 10.9 Å². The van der Waals surface area contributed by atoms with Gasteiger partial charge in [-0.3, -0.25) is 14.2 Å². The average molecular weight is 432 g/mol. The molecular weight excluding hydrogens is 402 g/mol. The third-order valence-electron chi connectivity index (χ3n) is 6.14. The molecule has 2 unspecified atom stereocenters. The Hall–Kier alpha value is -1.60. The minimum absolute atomic E-state index is 0.0121. The highest BCUT2D eigenvalue weighted by molar-refractivity contribution is 7.99. The smallest absolute Gasteiger partial charge is 0.263 e. The highest BCUT2D eigenvalue weighted by atomic mass is 32.2. The average Bonchev–Trinajstić information content (AvgIpc) is 3.09. The Balaban J connectivity index is 1.56. The van der Waals surface area contributed by atoms with Gasteiger partial charge in [0.05, 0.1) is 11.1 Å². The third-order valence-corrected chi connectivity index (χ3v) is 8.30. The molecule has 2 heterocycles. The maximum atomic E-state index is 13.2. The number of carbonyl (C=O) groups excluding carboxylic acids is 1. The Morgan fingerprint density at radius 1 is 1.31 bits per heavy atom. The van der Waals surface area contributed by atoms with Crippen LogP contribution in [0.3, 0.4) is 0 Å². The van der Waals surface area contributed by atoms with Gasteiger partial charge in [-0.2, -0.15) is 0 Å². The molecule has 7 heteroatoms. The number of fused-ring (bicyclic) bond motifs is 3. The third kappa shape index (κ3) is 4.31. The number of amides is 1. The van der Waals surface area contributed by atoms with E-state index in [1.165, 1.54) is 47.9 Å². The van der Waals surface area contributed by atoms with E-state index in [1.807, 2.05) is 0 Å². The van der Waals surface area contributed by atoms with Gasteiger partial charge in [0, 0.05) is 17.5 Å². The van der Waals surface area contributed by atoms with Crippen LogP contribution in [0, 0.1) is 5.92 Å². The lowest BCUT2D eigenvalue weighted by Crippen LogP contribution is -2.41. The van der Waals surface area contributed by atoms with Crippen molar-refractivity contribution < 1.29 is 4.79 Å². The van der Waals surface area contributed by atoms with E-state index in [9.17, 15) is 9.59 Å². The van der Waals surface area contributed by atoms with Crippen molar-refractivity contribution in [3.63, 3.8) is 0 Å². The first-order chi connectivity index (χ1) is 14.1. The van der Waals surface area contributed by atoms with Crippen molar-refractivity contribution in [3.8, 4) is 0 Å². The molecule has 2 atom stereocenters. The number of carbonyl (C=O) groups is 1. The number of hydrogen-bond donors (Lipinski definition) is 1. The van der Waals surface area contributed by atoms with Gasteiger partial charge in [0.2, 0.25) is 5.91 Å². The summed E-state index contributed by atoms with van der Waals surface area (Å²) < 4.78 is 1.68. The molecule has 0 aromatic carbocycles. The highest BCUT2D eigenvalue weighted by Gasteiger charge is 2.24. The largest absolute Gasteiger partial charge is 0.352 e. The molecule has 29 heavy (non-hydrogen) atoms. The van der Waals surface area contributed by atoms with Crippen molar-refractivity contribution in [2.45, 2.75) is 76.0 Å². The van der Waals surface area contributed by atoms with Crippen LogP contribution in [-0.2, 0) is 24.2 Å². The van der Waals surface area contributed by atoms with E-state index in [1.54, 1.807) is 22.0 Å². The van der Waals surface area contributed by atoms with Gasteiger partial charge < -0.3 is 5.32 Å². The summed E-state index contributed by atoms with van der Waals surface area (Å²) in [6.07, 6.45) is 10.7. The summed E-state index contributed by atoms with van der Waals surface area (Å²) in [5.74, 6) is 0.839. The SMILES string of the molecule is C=CCn1c(SCC(=O)NC2CCCCC2C)nc2sc3c(c2c1=O)CCCC3. The fourth-order valence-electron chi connectivity index (χ4n) is 4.53. The predicted molar refractivity (Wildman–Crippen MR) is 121 cm³/mol. The summed E-state index contributed by atoms with van der Waals surface area (Å²) in [7, 11) is 0. The second-order valence-corrected chi connectivity index (χ2v) is 10.2. The van der Waals surface area contributed by atoms with Gasteiger partial charge in [-0.05, 0) is 50.0 Å². The van der Waals surface area contributed by atoms with E-state index in [2.05, 4.69) is 18.8 Å². The Morgan fingerprint density at radius 2 is 2.10 bits per heavy atom. The van der Waals surface area contributed by atoms with E-state index in [0.29, 0.717) is 17.6 Å². The van der Waals surface area contributed by atoms with Crippen molar-refractivity contribution in [1.82, 2.24) is 14.9 Å². The quantitative estimate of drug-likeness (QED) is 0.421. The van der Waals surface area contributed by atoms with Crippen LogP contribution in [0.4, 0.5) is 0 Å². The number of aromatic nitrogens is 2.